The van der Waals surface area contributed by atoms with Crippen LogP contribution in [-0.2, 0) is 15.0 Å². The first-order valence-electron chi connectivity index (χ1n) is 6.18. The largest absolute Gasteiger partial charge is 0.481 e. The van der Waals surface area contributed by atoms with Crippen LogP contribution in [0.1, 0.15) is 30.9 Å². The zero-order valence-corrected chi connectivity index (χ0v) is 11.6. The lowest BCUT2D eigenvalue weighted by Gasteiger charge is -2.10. The number of carbonyl (C=O) groups excluding carboxylic acids is 1. The van der Waals surface area contributed by atoms with E-state index in [1.54, 1.807) is 6.92 Å². The van der Waals surface area contributed by atoms with Crippen molar-refractivity contribution in [2.45, 2.75) is 25.2 Å². The Morgan fingerprint density at radius 1 is 1.42 bits per heavy atom. The molecule has 1 aromatic rings. The quantitative estimate of drug-likeness (QED) is 0.898. The fourth-order valence-electron chi connectivity index (χ4n) is 2.04. The number of carbonyl (C=O) groups is 2. The van der Waals surface area contributed by atoms with Gasteiger partial charge >= 0.3 is 5.97 Å². The molecule has 1 aliphatic carbocycles. The highest BCUT2D eigenvalue weighted by Gasteiger charge is 2.51. The van der Waals surface area contributed by atoms with Crippen molar-refractivity contribution < 1.29 is 14.7 Å². The molecule has 0 unspecified atom stereocenters. The average Bonchev–Trinajstić information content (AvgIpc) is 3.16. The summed E-state index contributed by atoms with van der Waals surface area (Å²) in [5, 5.41) is 9.36. The lowest BCUT2D eigenvalue weighted by molar-refractivity contribution is -0.140. The van der Waals surface area contributed by atoms with Crippen molar-refractivity contribution >= 4 is 28.9 Å². The van der Waals surface area contributed by atoms with Gasteiger partial charge in [-0.2, -0.15) is 0 Å². The first-order valence-corrected chi connectivity index (χ1v) is 7.17. The minimum atomic E-state index is -0.735. The zero-order valence-electron chi connectivity index (χ0n) is 10.8. The molecule has 0 aromatic heterocycles. The Morgan fingerprint density at radius 2 is 2.16 bits per heavy atom. The van der Waals surface area contributed by atoms with Crippen molar-refractivity contribution in [1.82, 2.24) is 0 Å². The van der Waals surface area contributed by atoms with Gasteiger partial charge in [0.15, 0.2) is 5.12 Å². The van der Waals surface area contributed by atoms with Gasteiger partial charge < -0.3 is 5.11 Å². The third-order valence-corrected chi connectivity index (χ3v) is 4.06. The Kier molecular flexibility index (Phi) is 4.10. The lowest BCUT2D eigenvalue weighted by atomic mass is 9.94. The molecule has 4 heteroatoms. The molecule has 1 N–H and O–H groups in total. The van der Waals surface area contributed by atoms with Crippen LogP contribution in [0.3, 0.4) is 0 Å². The maximum atomic E-state index is 11.3. The second-order valence-corrected chi connectivity index (χ2v) is 5.91. The summed E-state index contributed by atoms with van der Waals surface area (Å²) in [4.78, 5) is 22.1. The van der Waals surface area contributed by atoms with Crippen molar-refractivity contribution in [3.63, 3.8) is 0 Å². The van der Waals surface area contributed by atoms with E-state index in [4.69, 9.17) is 0 Å². The van der Waals surface area contributed by atoms with Crippen LogP contribution in [0.25, 0.3) is 6.08 Å². The first-order chi connectivity index (χ1) is 9.04. The summed E-state index contributed by atoms with van der Waals surface area (Å²) in [6.07, 6.45) is 5.29. The molecule has 1 aromatic carbocycles. The lowest BCUT2D eigenvalue weighted by Crippen LogP contribution is -2.19. The number of rotatable bonds is 5. The van der Waals surface area contributed by atoms with Crippen LogP contribution in [0.2, 0.25) is 0 Å². The molecule has 19 heavy (non-hydrogen) atoms. The van der Waals surface area contributed by atoms with Crippen LogP contribution in [-0.4, -0.2) is 21.9 Å². The van der Waals surface area contributed by atoms with Gasteiger partial charge in [0.1, 0.15) is 0 Å². The monoisotopic (exact) mass is 276 g/mol. The molecule has 0 heterocycles. The van der Waals surface area contributed by atoms with Gasteiger partial charge in [-0.3, -0.25) is 9.59 Å². The topological polar surface area (TPSA) is 54.4 Å². The standard InChI is InChI=1S/C15H16O3S/c1-11(16)19-9-3-5-12-4-2-6-13(10-12)15(7-8-15)14(17)18/h2-6,10H,7-9H2,1H3,(H,17,18). The van der Waals surface area contributed by atoms with Gasteiger partial charge in [-0.1, -0.05) is 48.2 Å². The Labute approximate surface area is 116 Å². The predicted octanol–water partition coefficient (Wildman–Crippen LogP) is 3.10. The average molecular weight is 276 g/mol. The predicted molar refractivity (Wildman–Crippen MR) is 77.2 cm³/mol. The Balaban J connectivity index is 2.08. The van der Waals surface area contributed by atoms with Gasteiger partial charge in [-0.05, 0) is 24.0 Å². The molecule has 0 spiro atoms. The number of hydrogen-bond donors (Lipinski definition) is 1. The molecule has 3 nitrogen and oxygen atoms in total. The van der Waals surface area contributed by atoms with E-state index in [1.807, 2.05) is 36.4 Å². The highest BCUT2D eigenvalue weighted by Crippen LogP contribution is 2.48. The highest BCUT2D eigenvalue weighted by atomic mass is 32.2. The highest BCUT2D eigenvalue weighted by molar-refractivity contribution is 8.13. The van der Waals surface area contributed by atoms with Crippen LogP contribution in [0, 0.1) is 0 Å². The molecule has 0 saturated heterocycles. The normalized spacial score (nSPS) is 16.5. The van der Waals surface area contributed by atoms with Crippen LogP contribution in [0.15, 0.2) is 30.3 Å². The minimum absolute atomic E-state index is 0.0983. The maximum Gasteiger partial charge on any atom is 0.314 e. The molecule has 0 atom stereocenters. The van der Waals surface area contributed by atoms with E-state index in [0.717, 1.165) is 24.0 Å². The number of hydrogen-bond acceptors (Lipinski definition) is 3. The molecule has 0 radical (unpaired) electrons. The van der Waals surface area contributed by atoms with E-state index in [0.29, 0.717) is 5.75 Å². The van der Waals surface area contributed by atoms with Gasteiger partial charge in [0.25, 0.3) is 0 Å². The van der Waals surface area contributed by atoms with Crippen LogP contribution in [0.5, 0.6) is 0 Å². The maximum absolute atomic E-state index is 11.3. The van der Waals surface area contributed by atoms with E-state index in [-0.39, 0.29) is 5.12 Å². The Morgan fingerprint density at radius 3 is 2.74 bits per heavy atom. The second-order valence-electron chi connectivity index (χ2n) is 4.72. The van der Waals surface area contributed by atoms with E-state index in [2.05, 4.69) is 0 Å². The summed E-state index contributed by atoms with van der Waals surface area (Å²) in [7, 11) is 0. The summed E-state index contributed by atoms with van der Waals surface area (Å²) in [6, 6.07) is 7.63. The first kappa shape index (κ1) is 13.9. The van der Waals surface area contributed by atoms with E-state index in [1.165, 1.54) is 11.8 Å². The van der Waals surface area contributed by atoms with Gasteiger partial charge in [0.2, 0.25) is 0 Å². The van der Waals surface area contributed by atoms with E-state index in [9.17, 15) is 14.7 Å². The summed E-state index contributed by atoms with van der Waals surface area (Å²) in [5.74, 6) is -0.0929. The molecular formula is C15H16O3S. The third kappa shape index (κ3) is 3.26. The Hall–Kier alpha value is -1.55. The van der Waals surface area contributed by atoms with Gasteiger partial charge in [0, 0.05) is 12.7 Å². The van der Waals surface area contributed by atoms with Crippen LogP contribution >= 0.6 is 11.8 Å². The molecule has 1 saturated carbocycles. The van der Waals surface area contributed by atoms with Crippen LogP contribution < -0.4 is 0 Å². The molecular weight excluding hydrogens is 260 g/mol. The van der Waals surface area contributed by atoms with E-state index >= 15 is 0 Å². The zero-order chi connectivity index (χ0) is 13.9. The van der Waals surface area contributed by atoms with Gasteiger partial charge in [0.05, 0.1) is 5.41 Å². The summed E-state index contributed by atoms with van der Waals surface area (Å²) in [6.45, 7) is 1.54. The van der Waals surface area contributed by atoms with Crippen molar-refractivity contribution in [3.8, 4) is 0 Å². The number of carboxylic acid groups (broad SMARTS) is 1. The Bertz CT molecular complexity index is 530. The fourth-order valence-corrected chi connectivity index (χ4v) is 2.47. The van der Waals surface area contributed by atoms with Crippen molar-refractivity contribution in [1.29, 1.82) is 0 Å². The molecule has 1 fully saturated rings. The smallest absolute Gasteiger partial charge is 0.314 e. The molecule has 1 aliphatic rings. The summed E-state index contributed by atoms with van der Waals surface area (Å²) >= 11 is 1.26. The van der Waals surface area contributed by atoms with Crippen molar-refractivity contribution in [3.05, 3.63) is 41.5 Å². The van der Waals surface area contributed by atoms with Gasteiger partial charge in [-0.25, -0.2) is 0 Å². The number of carboxylic acids is 1. The molecule has 2 rings (SSSR count). The fraction of sp³-hybridized carbons (Fsp3) is 0.333. The van der Waals surface area contributed by atoms with E-state index < -0.39 is 11.4 Å². The van der Waals surface area contributed by atoms with Gasteiger partial charge in [-0.15, -0.1) is 0 Å². The van der Waals surface area contributed by atoms with Crippen molar-refractivity contribution in [2.24, 2.45) is 0 Å². The number of benzene rings is 1. The molecule has 100 valence electrons. The number of thioether (sulfide) groups is 1. The molecule has 0 aliphatic heterocycles. The molecule has 0 amide bonds. The third-order valence-electron chi connectivity index (χ3n) is 3.29. The minimum Gasteiger partial charge on any atom is -0.481 e. The summed E-state index contributed by atoms with van der Waals surface area (Å²) in [5.41, 5.74) is 1.20. The molecule has 0 bridgehead atoms. The summed E-state index contributed by atoms with van der Waals surface area (Å²) < 4.78 is 0. The van der Waals surface area contributed by atoms with Crippen molar-refractivity contribution in [2.75, 3.05) is 5.75 Å². The van der Waals surface area contributed by atoms with Crippen LogP contribution in [0.4, 0.5) is 0 Å². The SMILES string of the molecule is CC(=O)SCC=Cc1cccc(C2(C(=O)O)CC2)c1. The number of aliphatic carboxylic acids is 1. The second kappa shape index (κ2) is 5.61.